The zero-order valence-corrected chi connectivity index (χ0v) is 71.2. The third kappa shape index (κ3) is 17.9. The van der Waals surface area contributed by atoms with E-state index in [2.05, 4.69) is 287 Å². The van der Waals surface area contributed by atoms with Crippen molar-refractivity contribution in [1.29, 1.82) is 0 Å². The van der Waals surface area contributed by atoms with Crippen molar-refractivity contribution < 1.29 is 141 Å². The van der Waals surface area contributed by atoms with E-state index < -0.39 is 0 Å². The van der Waals surface area contributed by atoms with Gasteiger partial charge in [-0.2, -0.15) is 72.3 Å². The van der Waals surface area contributed by atoms with Gasteiger partial charge in [-0.15, -0.1) is 151 Å². The van der Waals surface area contributed by atoms with Crippen molar-refractivity contribution in [1.82, 2.24) is 0 Å². The average Bonchev–Trinajstić information content (AvgIpc) is 1.57. The standard InChI is InChI=1S/C24H12.C24H16.C23H25.C14H14BO2.C11H9.CH4.4Y/c1-5-15-6-2-10-19-21-12-4-8-17-14-13-16-7-3-11-20(23(16)24(17)21)18(9-1)22(15)19;1-3-17-10-7-13-22(20(17)4-2)23-14-8-11-19-16-15-18-9-5-6-12-21(18)24(19)23;1-7-11-20(16(3)4)23-18(6)13-10-15-22(23)21-14-9-12-17(5)19(21)8-2;1-10-6-3-4-8-12(10)14-11(2)7-5-9-13(14)17-15-16;1-9-5-4-7-10-6-2-3-8-11(9)10;;;;;/h1-9,11,13-14H;3-12,15-16H,1-2H2;7-13,15H,2H2,1,3-6H3;3-9,16H,1-2H3;2-4,6-8H,1H3;1H4;;;;/q2*-2;-1;;-1;;;;;/b;;11-7-;;;;;;;. The molecule has 0 saturated heterocycles. The smallest absolute Gasteiger partial charge is 0.537 e. The number of aryl methyl sites for hydroxylation is 5. The fourth-order valence-electron chi connectivity index (χ4n) is 13.8. The fraction of sp³-hybridized carbons (Fsp3) is 0.0928. The zero-order valence-electron chi connectivity index (χ0n) is 59.8. The molecule has 501 valence electrons. The van der Waals surface area contributed by atoms with E-state index in [9.17, 15) is 0 Å². The van der Waals surface area contributed by atoms with Gasteiger partial charge in [0.15, 0.2) is 0 Å². The SMILES string of the molecule is C.C=Cc1c(-c2cccc(C)c2C(/C=C\C)=C(C)C)[c-]ccc1C.C=Cc1cc[c-]c(-c2[c-]ccc3ccc4ccccc4c23)c1C=C.Cc1[c-]ccc2ccccc12.Cc1ccccc1-c1c(C)cccc1O[B]O.[Y].[Y].[Y].[Y].[c-]1ccc2cccc3c2c1-c1[c-]ccc2ccc4cccc-3c4c12. The van der Waals surface area contributed by atoms with Gasteiger partial charge in [-0.25, -0.2) is 22.3 Å². The molecule has 0 amide bonds. The molecule has 0 atom stereocenters. The Morgan fingerprint density at radius 3 is 1.46 bits per heavy atom. The molecule has 0 bridgehead atoms. The van der Waals surface area contributed by atoms with Crippen molar-refractivity contribution in [2.24, 2.45) is 0 Å². The van der Waals surface area contributed by atoms with Crippen LogP contribution in [-0.4, -0.2) is 12.7 Å². The molecule has 0 fully saturated rings. The second kappa shape index (κ2) is 39.4. The molecule has 15 aromatic carbocycles. The van der Waals surface area contributed by atoms with Gasteiger partial charge >= 0.3 is 7.69 Å². The van der Waals surface area contributed by atoms with Crippen LogP contribution in [0.25, 0.3) is 144 Å². The van der Waals surface area contributed by atoms with E-state index in [1.54, 1.807) is 0 Å². The van der Waals surface area contributed by atoms with Crippen LogP contribution in [0, 0.1) is 71.0 Å². The first-order valence-electron chi connectivity index (χ1n) is 33.5. The Hall–Kier alpha value is -7.20. The van der Waals surface area contributed by atoms with E-state index in [0.717, 1.165) is 63.3 Å². The number of hydrogen-bond donors (Lipinski definition) is 1. The molecule has 15 aromatic rings. The van der Waals surface area contributed by atoms with Crippen molar-refractivity contribution >= 4 is 96.1 Å². The van der Waals surface area contributed by atoms with Gasteiger partial charge in [0.05, 0.1) is 0 Å². The Kier molecular flexibility index (Phi) is 31.9. The van der Waals surface area contributed by atoms with Crippen LogP contribution >= 0.6 is 0 Å². The van der Waals surface area contributed by atoms with Gasteiger partial charge in [-0.1, -0.05) is 230 Å². The number of rotatable bonds is 10. The minimum atomic E-state index is 0. The third-order valence-electron chi connectivity index (χ3n) is 18.5. The number of allylic oxidation sites excluding steroid dienone is 4. The molecule has 7 heteroatoms. The maximum atomic E-state index is 8.80. The number of hydrogen-bond acceptors (Lipinski definition) is 2. The molecule has 0 aliphatic heterocycles. The van der Waals surface area contributed by atoms with Gasteiger partial charge in [0, 0.05) is 136 Å². The van der Waals surface area contributed by atoms with Gasteiger partial charge in [-0.05, 0) is 91.8 Å². The van der Waals surface area contributed by atoms with E-state index >= 15 is 0 Å². The Balaban J connectivity index is 0.000000183. The summed E-state index contributed by atoms with van der Waals surface area (Å²) in [5.41, 5.74) is 24.7. The van der Waals surface area contributed by atoms with Crippen molar-refractivity contribution in [3.8, 4) is 61.4 Å². The second-order valence-corrected chi connectivity index (χ2v) is 24.9. The van der Waals surface area contributed by atoms with Crippen molar-refractivity contribution in [2.45, 2.75) is 62.8 Å². The van der Waals surface area contributed by atoms with Crippen LogP contribution in [0.4, 0.5) is 0 Å². The first kappa shape index (κ1) is 84.1. The molecule has 0 aromatic heterocycles. The van der Waals surface area contributed by atoms with Gasteiger partial charge < -0.3 is 9.68 Å². The summed E-state index contributed by atoms with van der Waals surface area (Å²) in [6.07, 6.45) is 9.97. The molecule has 2 nitrogen and oxygen atoms in total. The summed E-state index contributed by atoms with van der Waals surface area (Å²) in [5.74, 6) is 0.668. The summed E-state index contributed by atoms with van der Waals surface area (Å²) < 4.78 is 5.16. The van der Waals surface area contributed by atoms with Crippen LogP contribution in [-0.2, 0) is 131 Å². The molecule has 1 aliphatic rings. The number of benzene rings is 15. The zero-order chi connectivity index (χ0) is 69.1. The summed E-state index contributed by atoms with van der Waals surface area (Å²) in [7, 11) is 0.719. The predicted molar refractivity (Wildman–Crippen MR) is 433 cm³/mol. The molecule has 5 radical (unpaired) electrons. The van der Waals surface area contributed by atoms with Gasteiger partial charge in [0.2, 0.25) is 0 Å². The van der Waals surface area contributed by atoms with Crippen LogP contribution in [0.3, 0.4) is 0 Å². The molecule has 1 aliphatic carbocycles. The van der Waals surface area contributed by atoms with Gasteiger partial charge in [0.25, 0.3) is 0 Å². The van der Waals surface area contributed by atoms with E-state index in [1.165, 1.54) is 126 Å². The van der Waals surface area contributed by atoms with E-state index in [0.29, 0.717) is 5.75 Å². The Labute approximate surface area is 718 Å². The Morgan fingerprint density at radius 2 is 0.837 bits per heavy atom. The minimum absolute atomic E-state index is 0. The van der Waals surface area contributed by atoms with Crippen LogP contribution < -0.4 is 4.65 Å². The molecule has 104 heavy (non-hydrogen) atoms. The normalized spacial score (nSPS) is 10.4. The second-order valence-electron chi connectivity index (χ2n) is 24.9. The maximum absolute atomic E-state index is 8.80. The summed E-state index contributed by atoms with van der Waals surface area (Å²) in [6, 6.07) is 104. The van der Waals surface area contributed by atoms with Gasteiger partial charge in [-0.3, -0.25) is 0 Å². The molecule has 1 N–H and O–H groups in total. The van der Waals surface area contributed by atoms with Crippen LogP contribution in [0.1, 0.15) is 78.3 Å². The van der Waals surface area contributed by atoms with Crippen LogP contribution in [0.2, 0.25) is 0 Å². The monoisotopic (exact) mass is 1640 g/mol. The number of fused-ring (bicyclic) bond motifs is 6. The quantitative estimate of drug-likeness (QED) is 0.0640. The first-order chi connectivity index (χ1) is 48.4. The maximum Gasteiger partial charge on any atom is 0.569 e. The summed E-state index contributed by atoms with van der Waals surface area (Å²) in [6.45, 7) is 28.8. The van der Waals surface area contributed by atoms with Crippen LogP contribution in [0.5, 0.6) is 5.75 Å². The fourth-order valence-corrected chi connectivity index (χ4v) is 13.8. The van der Waals surface area contributed by atoms with Crippen molar-refractivity contribution in [3.05, 3.63) is 367 Å². The molecule has 16 rings (SSSR count). The summed E-state index contributed by atoms with van der Waals surface area (Å²) in [5, 5.41) is 24.0. The van der Waals surface area contributed by atoms with E-state index in [4.69, 9.17) is 9.68 Å². The first-order valence-corrected chi connectivity index (χ1v) is 33.5. The predicted octanol–water partition coefficient (Wildman–Crippen LogP) is 26.2. The molecule has 0 unspecified atom stereocenters. The third-order valence-corrected chi connectivity index (χ3v) is 18.5. The topological polar surface area (TPSA) is 29.5 Å². The van der Waals surface area contributed by atoms with E-state index in [1.807, 2.05) is 97.9 Å². The van der Waals surface area contributed by atoms with Crippen molar-refractivity contribution in [3.63, 3.8) is 0 Å². The molecular formula is C97H80BO2Y4-6. The van der Waals surface area contributed by atoms with Crippen molar-refractivity contribution in [2.75, 3.05) is 0 Å². The Morgan fingerprint density at radius 1 is 0.385 bits per heavy atom. The average molecular weight is 1640 g/mol. The summed E-state index contributed by atoms with van der Waals surface area (Å²) in [4.78, 5) is 0. The summed E-state index contributed by atoms with van der Waals surface area (Å²) >= 11 is 0. The minimum Gasteiger partial charge on any atom is -0.537 e. The molecular weight excluding hydrogens is 1560 g/mol. The molecule has 0 spiro atoms. The van der Waals surface area contributed by atoms with E-state index in [-0.39, 0.29) is 138 Å². The molecule has 0 heterocycles. The Bertz CT molecular complexity index is 5540. The van der Waals surface area contributed by atoms with Crippen LogP contribution in [0.15, 0.2) is 280 Å². The largest absolute Gasteiger partial charge is 0.569 e. The molecule has 0 saturated carbocycles. The van der Waals surface area contributed by atoms with Gasteiger partial charge in [0.1, 0.15) is 5.75 Å².